The van der Waals surface area contributed by atoms with Crippen LogP contribution in [0.4, 0.5) is 5.82 Å². The third kappa shape index (κ3) is 2.89. The summed E-state index contributed by atoms with van der Waals surface area (Å²) in [7, 11) is 0. The van der Waals surface area contributed by atoms with Gasteiger partial charge in [0.25, 0.3) is 0 Å². The lowest BCUT2D eigenvalue weighted by atomic mass is 10.4. The van der Waals surface area contributed by atoms with Crippen LogP contribution in [0.3, 0.4) is 0 Å². The minimum absolute atomic E-state index is 0.400. The van der Waals surface area contributed by atoms with Gasteiger partial charge in [-0.15, -0.1) is 0 Å². The minimum atomic E-state index is 0.400. The minimum Gasteiger partial charge on any atom is -0.476 e. The van der Waals surface area contributed by atoms with Crippen LogP contribution in [0.15, 0.2) is 6.20 Å². The highest BCUT2D eigenvalue weighted by atomic mass is 16.5. The number of anilines is 1. The predicted molar refractivity (Wildman–Crippen MR) is 51.6 cm³/mol. The van der Waals surface area contributed by atoms with E-state index < -0.39 is 0 Å². The molecule has 0 radical (unpaired) electrons. The second-order valence-corrected chi connectivity index (χ2v) is 2.89. The van der Waals surface area contributed by atoms with Crippen molar-refractivity contribution in [2.75, 3.05) is 12.3 Å². The van der Waals surface area contributed by atoms with Crippen molar-refractivity contribution >= 4 is 5.82 Å². The number of aromatic nitrogens is 2. The number of hydrogen-bond donors (Lipinski definition) is 1. The summed E-state index contributed by atoms with van der Waals surface area (Å²) in [6.45, 7) is 4.64. The van der Waals surface area contributed by atoms with Crippen molar-refractivity contribution < 1.29 is 4.74 Å². The summed E-state index contributed by atoms with van der Waals surface area (Å²) < 4.78 is 5.40. The molecule has 0 bridgehead atoms. The lowest BCUT2D eigenvalue weighted by Gasteiger charge is -2.06. The number of rotatable bonds is 4. The number of hydrogen-bond acceptors (Lipinski definition) is 4. The van der Waals surface area contributed by atoms with Crippen LogP contribution in [0.25, 0.3) is 0 Å². The van der Waals surface area contributed by atoms with Crippen LogP contribution in [0.2, 0.25) is 0 Å². The van der Waals surface area contributed by atoms with Crippen LogP contribution in [0.1, 0.15) is 25.5 Å². The number of nitrogen functional groups attached to an aromatic ring is 1. The summed E-state index contributed by atoms with van der Waals surface area (Å²) in [4.78, 5) is 8.08. The van der Waals surface area contributed by atoms with E-state index in [-0.39, 0.29) is 0 Å². The van der Waals surface area contributed by atoms with E-state index in [1.54, 1.807) is 0 Å². The molecule has 2 N–H and O–H groups in total. The Hall–Kier alpha value is -1.32. The van der Waals surface area contributed by atoms with Crippen LogP contribution >= 0.6 is 0 Å². The van der Waals surface area contributed by atoms with E-state index in [0.29, 0.717) is 18.3 Å². The van der Waals surface area contributed by atoms with Gasteiger partial charge < -0.3 is 10.5 Å². The molecule has 0 aromatic carbocycles. The van der Waals surface area contributed by atoms with E-state index in [0.717, 1.165) is 18.5 Å². The topological polar surface area (TPSA) is 61.0 Å². The van der Waals surface area contributed by atoms with E-state index >= 15 is 0 Å². The molecule has 4 nitrogen and oxygen atoms in total. The predicted octanol–water partition coefficient (Wildman–Crippen LogP) is 1.55. The zero-order valence-corrected chi connectivity index (χ0v) is 8.08. The average molecular weight is 181 g/mol. The molecule has 72 valence electrons. The van der Waals surface area contributed by atoms with Gasteiger partial charge in [0.15, 0.2) is 0 Å². The lowest BCUT2D eigenvalue weighted by Crippen LogP contribution is -2.03. The molecule has 1 aromatic heterocycles. The number of aryl methyl sites for hydroxylation is 1. The molecule has 0 aliphatic carbocycles. The fourth-order valence-electron chi connectivity index (χ4n) is 0.895. The summed E-state index contributed by atoms with van der Waals surface area (Å²) in [5.74, 6) is 0.950. The third-order valence-corrected chi connectivity index (χ3v) is 1.67. The third-order valence-electron chi connectivity index (χ3n) is 1.67. The lowest BCUT2D eigenvalue weighted by molar-refractivity contribution is 0.294. The molecule has 1 aromatic rings. The highest BCUT2D eigenvalue weighted by molar-refractivity contribution is 5.30. The Morgan fingerprint density at radius 2 is 2.31 bits per heavy atom. The van der Waals surface area contributed by atoms with Crippen LogP contribution in [-0.4, -0.2) is 16.6 Å². The first-order valence-corrected chi connectivity index (χ1v) is 4.46. The van der Waals surface area contributed by atoms with Crippen molar-refractivity contribution in [2.24, 2.45) is 0 Å². The Morgan fingerprint density at radius 1 is 1.54 bits per heavy atom. The largest absolute Gasteiger partial charge is 0.476 e. The van der Waals surface area contributed by atoms with Crippen LogP contribution in [-0.2, 0) is 0 Å². The summed E-state index contributed by atoms with van der Waals surface area (Å²) in [5.41, 5.74) is 6.26. The van der Waals surface area contributed by atoms with Gasteiger partial charge in [0.1, 0.15) is 5.82 Å². The first-order valence-electron chi connectivity index (χ1n) is 4.46. The number of unbranched alkanes of at least 4 members (excludes halogenated alkanes) is 1. The highest BCUT2D eigenvalue weighted by Crippen LogP contribution is 2.12. The van der Waals surface area contributed by atoms with Crippen LogP contribution < -0.4 is 10.5 Å². The van der Waals surface area contributed by atoms with Crippen molar-refractivity contribution in [3.63, 3.8) is 0 Å². The molecule has 0 saturated carbocycles. The van der Waals surface area contributed by atoms with Gasteiger partial charge in [-0.3, -0.25) is 4.98 Å². The molecule has 0 unspecified atom stereocenters. The Labute approximate surface area is 78.1 Å². The molecule has 1 heterocycles. The molecule has 0 saturated heterocycles. The van der Waals surface area contributed by atoms with Crippen molar-refractivity contribution in [3.8, 4) is 5.88 Å². The van der Waals surface area contributed by atoms with Gasteiger partial charge in [-0.05, 0) is 13.3 Å². The van der Waals surface area contributed by atoms with Crippen LogP contribution in [0, 0.1) is 6.92 Å². The van der Waals surface area contributed by atoms with Gasteiger partial charge >= 0.3 is 0 Å². The van der Waals surface area contributed by atoms with Gasteiger partial charge in [0.05, 0.1) is 18.5 Å². The molecule has 0 aliphatic heterocycles. The zero-order valence-electron chi connectivity index (χ0n) is 8.08. The maximum atomic E-state index is 5.48. The Kier molecular flexibility index (Phi) is 3.49. The first kappa shape index (κ1) is 9.77. The first-order chi connectivity index (χ1) is 6.24. The molecule has 13 heavy (non-hydrogen) atoms. The van der Waals surface area contributed by atoms with Crippen molar-refractivity contribution in [1.82, 2.24) is 9.97 Å². The van der Waals surface area contributed by atoms with E-state index in [1.807, 2.05) is 6.92 Å². The number of nitrogens with two attached hydrogens (primary N) is 1. The Morgan fingerprint density at radius 3 is 3.00 bits per heavy atom. The van der Waals surface area contributed by atoms with Gasteiger partial charge in [-0.2, -0.15) is 4.98 Å². The van der Waals surface area contributed by atoms with Crippen LogP contribution in [0.5, 0.6) is 5.88 Å². The molecule has 4 heteroatoms. The Bertz CT molecular complexity index is 276. The van der Waals surface area contributed by atoms with E-state index in [1.165, 1.54) is 6.20 Å². The SMILES string of the molecule is CCCCOc1nc(N)cnc1C. The average Bonchev–Trinajstić information content (AvgIpc) is 2.11. The number of nitrogens with zero attached hydrogens (tertiary/aromatic N) is 2. The second-order valence-electron chi connectivity index (χ2n) is 2.89. The maximum Gasteiger partial charge on any atom is 0.237 e. The molecule has 0 fully saturated rings. The van der Waals surface area contributed by atoms with E-state index in [9.17, 15) is 0 Å². The fraction of sp³-hybridized carbons (Fsp3) is 0.556. The summed E-state index contributed by atoms with van der Waals surface area (Å²) in [6, 6.07) is 0. The van der Waals surface area contributed by atoms with E-state index in [4.69, 9.17) is 10.5 Å². The summed E-state index contributed by atoms with van der Waals surface area (Å²) >= 11 is 0. The summed E-state index contributed by atoms with van der Waals surface area (Å²) in [5, 5.41) is 0. The molecule has 0 amide bonds. The zero-order chi connectivity index (χ0) is 9.68. The van der Waals surface area contributed by atoms with Gasteiger partial charge in [-0.1, -0.05) is 13.3 Å². The van der Waals surface area contributed by atoms with Crippen molar-refractivity contribution in [2.45, 2.75) is 26.7 Å². The maximum absolute atomic E-state index is 5.48. The van der Waals surface area contributed by atoms with Crippen molar-refractivity contribution in [3.05, 3.63) is 11.9 Å². The smallest absolute Gasteiger partial charge is 0.237 e. The molecular weight excluding hydrogens is 166 g/mol. The van der Waals surface area contributed by atoms with Gasteiger partial charge in [0, 0.05) is 0 Å². The second kappa shape index (κ2) is 4.64. The van der Waals surface area contributed by atoms with E-state index in [2.05, 4.69) is 16.9 Å². The monoisotopic (exact) mass is 181 g/mol. The number of ether oxygens (including phenoxy) is 1. The quantitative estimate of drug-likeness (QED) is 0.716. The molecule has 0 atom stereocenters. The fourth-order valence-corrected chi connectivity index (χ4v) is 0.895. The molecular formula is C9H15N3O. The normalized spacial score (nSPS) is 10.0. The highest BCUT2D eigenvalue weighted by Gasteiger charge is 2.02. The summed E-state index contributed by atoms with van der Waals surface area (Å²) in [6.07, 6.45) is 3.66. The van der Waals surface area contributed by atoms with Gasteiger partial charge in [0.2, 0.25) is 5.88 Å². The van der Waals surface area contributed by atoms with Gasteiger partial charge in [-0.25, -0.2) is 0 Å². The molecule has 0 spiro atoms. The van der Waals surface area contributed by atoms with Crippen molar-refractivity contribution in [1.29, 1.82) is 0 Å². The standard InChI is InChI=1S/C9H15N3O/c1-3-4-5-13-9-7(2)11-6-8(10)12-9/h6H,3-5H2,1-2H3,(H2,10,12). The Balaban J connectivity index is 2.59. The molecule has 0 aliphatic rings. The molecule has 1 rings (SSSR count).